The number of hydrogen-bond acceptors (Lipinski definition) is 4. The molecule has 0 aromatic carbocycles. The Balaban J connectivity index is 2.24. The third kappa shape index (κ3) is 2.11. The van der Waals surface area contributed by atoms with Crippen molar-refractivity contribution >= 4 is 28.3 Å². The molecule has 1 aliphatic carbocycles. The lowest BCUT2D eigenvalue weighted by molar-refractivity contribution is -0.386. The van der Waals surface area contributed by atoms with Gasteiger partial charge in [0.25, 0.3) is 0 Å². The molecule has 1 aliphatic rings. The van der Waals surface area contributed by atoms with E-state index in [9.17, 15) is 10.1 Å². The van der Waals surface area contributed by atoms with E-state index < -0.39 is 4.92 Å². The van der Waals surface area contributed by atoms with Crippen molar-refractivity contribution < 1.29 is 9.66 Å². The summed E-state index contributed by atoms with van der Waals surface area (Å²) in [5, 5.41) is 10.6. The molecule has 1 fully saturated rings. The monoisotopic (exact) mass is 306 g/mol. The predicted octanol–water partition coefficient (Wildman–Crippen LogP) is 2.14. The van der Waals surface area contributed by atoms with Crippen molar-refractivity contribution in [3.63, 3.8) is 0 Å². The molecule has 0 unspecified atom stereocenters. The van der Waals surface area contributed by atoms with E-state index in [4.69, 9.17) is 4.74 Å². The Hall–Kier alpha value is -0.920. The third-order valence-electron chi connectivity index (χ3n) is 1.82. The maximum absolute atomic E-state index is 10.6. The molecule has 1 aromatic heterocycles. The van der Waals surface area contributed by atoms with Gasteiger partial charge in [0, 0.05) is 0 Å². The maximum atomic E-state index is 10.6. The number of rotatable bonds is 3. The summed E-state index contributed by atoms with van der Waals surface area (Å²) in [6.45, 7) is 0. The van der Waals surface area contributed by atoms with E-state index in [1.165, 1.54) is 12.3 Å². The SMILES string of the molecule is O=[N+]([O-])c1cc(OC2CC2)cnc1I. The largest absolute Gasteiger partial charge is 0.489 e. The zero-order chi connectivity index (χ0) is 10.1. The summed E-state index contributed by atoms with van der Waals surface area (Å²) in [4.78, 5) is 14.0. The summed E-state index contributed by atoms with van der Waals surface area (Å²) < 4.78 is 5.79. The first-order valence-electron chi connectivity index (χ1n) is 4.13. The molecular formula is C8H7IN2O3. The molecule has 74 valence electrons. The first-order valence-corrected chi connectivity index (χ1v) is 5.21. The summed E-state index contributed by atoms with van der Waals surface area (Å²) in [5.74, 6) is 0.486. The van der Waals surface area contributed by atoms with Gasteiger partial charge in [-0.2, -0.15) is 0 Å². The molecule has 5 nitrogen and oxygen atoms in total. The highest BCUT2D eigenvalue weighted by atomic mass is 127. The van der Waals surface area contributed by atoms with Crippen molar-refractivity contribution in [1.29, 1.82) is 0 Å². The molecule has 0 atom stereocenters. The highest BCUT2D eigenvalue weighted by Gasteiger charge is 2.25. The Morgan fingerprint density at radius 3 is 2.93 bits per heavy atom. The first kappa shape index (κ1) is 9.63. The Labute approximate surface area is 93.8 Å². The number of hydrogen-bond donors (Lipinski definition) is 0. The van der Waals surface area contributed by atoms with Gasteiger partial charge < -0.3 is 4.74 Å². The highest BCUT2D eigenvalue weighted by molar-refractivity contribution is 14.1. The fraction of sp³-hybridized carbons (Fsp3) is 0.375. The Kier molecular flexibility index (Phi) is 2.53. The summed E-state index contributed by atoms with van der Waals surface area (Å²) >= 11 is 1.83. The molecule has 0 aliphatic heterocycles. The van der Waals surface area contributed by atoms with Crippen LogP contribution in [0.2, 0.25) is 0 Å². The lowest BCUT2D eigenvalue weighted by atomic mass is 10.4. The molecule has 0 bridgehead atoms. The quantitative estimate of drug-likeness (QED) is 0.371. The number of nitro groups is 1. The Morgan fingerprint density at radius 2 is 2.36 bits per heavy atom. The molecule has 1 aromatic rings. The van der Waals surface area contributed by atoms with Crippen molar-refractivity contribution in [3.8, 4) is 5.75 Å². The van der Waals surface area contributed by atoms with Crippen molar-refractivity contribution in [2.75, 3.05) is 0 Å². The van der Waals surface area contributed by atoms with E-state index in [2.05, 4.69) is 4.98 Å². The second-order valence-corrected chi connectivity index (χ2v) is 4.08. The van der Waals surface area contributed by atoms with Crippen molar-refractivity contribution in [1.82, 2.24) is 4.98 Å². The van der Waals surface area contributed by atoms with Crippen LogP contribution in [0.25, 0.3) is 0 Å². The van der Waals surface area contributed by atoms with Crippen LogP contribution in [-0.4, -0.2) is 16.0 Å². The van der Waals surface area contributed by atoms with Crippen LogP contribution in [0, 0.1) is 13.8 Å². The summed E-state index contributed by atoms with van der Waals surface area (Å²) in [6.07, 6.45) is 3.81. The third-order valence-corrected chi connectivity index (χ3v) is 2.65. The molecular weight excluding hydrogens is 299 g/mol. The van der Waals surface area contributed by atoms with Crippen LogP contribution >= 0.6 is 22.6 Å². The fourth-order valence-corrected chi connectivity index (χ4v) is 1.48. The maximum Gasteiger partial charge on any atom is 0.304 e. The van der Waals surface area contributed by atoms with Crippen LogP contribution in [-0.2, 0) is 0 Å². The predicted molar refractivity (Wildman–Crippen MR) is 57.3 cm³/mol. The van der Waals surface area contributed by atoms with Gasteiger partial charge in [-0.1, -0.05) is 0 Å². The van der Waals surface area contributed by atoms with Crippen molar-refractivity contribution in [2.24, 2.45) is 0 Å². The molecule has 1 saturated carbocycles. The Bertz CT molecular complexity index is 379. The lowest BCUT2D eigenvalue weighted by Crippen LogP contribution is -1.99. The van der Waals surface area contributed by atoms with Gasteiger partial charge in [0.15, 0.2) is 3.70 Å². The van der Waals surface area contributed by atoms with Gasteiger partial charge in [0.05, 0.1) is 23.3 Å². The van der Waals surface area contributed by atoms with E-state index in [1.807, 2.05) is 22.6 Å². The van der Waals surface area contributed by atoms with E-state index in [0.717, 1.165) is 12.8 Å². The van der Waals surface area contributed by atoms with Gasteiger partial charge in [0.1, 0.15) is 5.75 Å². The molecule has 0 saturated heterocycles. The Morgan fingerprint density at radius 1 is 1.64 bits per heavy atom. The second-order valence-electron chi connectivity index (χ2n) is 3.06. The van der Waals surface area contributed by atoms with Gasteiger partial charge in [-0.25, -0.2) is 4.98 Å². The number of nitrogens with zero attached hydrogens (tertiary/aromatic N) is 2. The van der Waals surface area contributed by atoms with Crippen LogP contribution < -0.4 is 4.74 Å². The first-order chi connectivity index (χ1) is 6.66. The van der Waals surface area contributed by atoms with Crippen LogP contribution in [0.1, 0.15) is 12.8 Å². The van der Waals surface area contributed by atoms with E-state index in [-0.39, 0.29) is 11.8 Å². The van der Waals surface area contributed by atoms with Crippen LogP contribution in [0.15, 0.2) is 12.3 Å². The van der Waals surface area contributed by atoms with Gasteiger partial charge in [0.2, 0.25) is 0 Å². The summed E-state index contributed by atoms with van der Waals surface area (Å²) in [5.41, 5.74) is 0.00347. The molecule has 0 spiro atoms. The van der Waals surface area contributed by atoms with E-state index in [0.29, 0.717) is 9.45 Å². The smallest absolute Gasteiger partial charge is 0.304 e. The van der Waals surface area contributed by atoms with Crippen LogP contribution in [0.4, 0.5) is 5.69 Å². The standard InChI is InChI=1S/C8H7IN2O3/c9-8-7(11(12)13)3-6(4-10-8)14-5-1-2-5/h3-5H,1-2H2. The minimum absolute atomic E-state index is 0.00347. The molecule has 0 radical (unpaired) electrons. The molecule has 0 N–H and O–H groups in total. The van der Waals surface area contributed by atoms with Gasteiger partial charge in [-0.15, -0.1) is 0 Å². The number of aromatic nitrogens is 1. The fourth-order valence-electron chi connectivity index (χ4n) is 0.989. The van der Waals surface area contributed by atoms with E-state index in [1.54, 1.807) is 0 Å². The number of halogens is 1. The van der Waals surface area contributed by atoms with Gasteiger partial charge in [-0.05, 0) is 35.4 Å². The summed E-state index contributed by atoms with van der Waals surface area (Å²) in [7, 11) is 0. The van der Waals surface area contributed by atoms with Crippen molar-refractivity contribution in [3.05, 3.63) is 26.1 Å². The zero-order valence-corrected chi connectivity index (χ0v) is 9.30. The second kappa shape index (κ2) is 3.68. The number of ether oxygens (including phenoxy) is 1. The zero-order valence-electron chi connectivity index (χ0n) is 7.14. The minimum atomic E-state index is -0.450. The average Bonchev–Trinajstić information content (AvgIpc) is 2.92. The number of pyridine rings is 1. The molecule has 14 heavy (non-hydrogen) atoms. The molecule has 0 amide bonds. The van der Waals surface area contributed by atoms with Crippen LogP contribution in [0.3, 0.4) is 0 Å². The van der Waals surface area contributed by atoms with Gasteiger partial charge in [-0.3, -0.25) is 10.1 Å². The lowest BCUT2D eigenvalue weighted by Gasteiger charge is -2.03. The molecule has 6 heteroatoms. The van der Waals surface area contributed by atoms with Gasteiger partial charge >= 0.3 is 5.69 Å². The summed E-state index contributed by atoms with van der Waals surface area (Å²) in [6, 6.07) is 1.42. The van der Waals surface area contributed by atoms with E-state index >= 15 is 0 Å². The average molecular weight is 306 g/mol. The minimum Gasteiger partial charge on any atom is -0.489 e. The molecule has 1 heterocycles. The normalized spacial score (nSPS) is 15.2. The topological polar surface area (TPSA) is 65.3 Å². The highest BCUT2D eigenvalue weighted by Crippen LogP contribution is 2.29. The molecule has 2 rings (SSSR count). The van der Waals surface area contributed by atoms with Crippen molar-refractivity contribution in [2.45, 2.75) is 18.9 Å². The van der Waals surface area contributed by atoms with Crippen LogP contribution in [0.5, 0.6) is 5.75 Å².